The molecule has 1 aliphatic heterocycles. The highest BCUT2D eigenvalue weighted by Gasteiger charge is 2.30. The summed E-state index contributed by atoms with van der Waals surface area (Å²) in [4.78, 5) is 2.29. The van der Waals surface area contributed by atoms with Crippen molar-refractivity contribution in [3.63, 3.8) is 0 Å². The van der Waals surface area contributed by atoms with Crippen LogP contribution in [0.4, 0.5) is 0 Å². The Morgan fingerprint density at radius 2 is 2.27 bits per heavy atom. The Morgan fingerprint density at radius 1 is 1.47 bits per heavy atom. The first-order valence-electron chi connectivity index (χ1n) is 5.73. The van der Waals surface area contributed by atoms with Crippen molar-refractivity contribution in [3.05, 3.63) is 0 Å². The van der Waals surface area contributed by atoms with Crippen LogP contribution in [0.2, 0.25) is 0 Å². The molecule has 90 valence electrons. The quantitative estimate of drug-likeness (QED) is 0.625. The van der Waals surface area contributed by atoms with Gasteiger partial charge in [-0.15, -0.1) is 0 Å². The molecule has 1 fully saturated rings. The van der Waals surface area contributed by atoms with Gasteiger partial charge in [0, 0.05) is 33.3 Å². The van der Waals surface area contributed by atoms with E-state index in [0.717, 1.165) is 39.3 Å². The van der Waals surface area contributed by atoms with Crippen LogP contribution in [0.5, 0.6) is 0 Å². The largest absolute Gasteiger partial charge is 0.395 e. The highest BCUT2D eigenvalue weighted by atomic mass is 16.5. The lowest BCUT2D eigenvalue weighted by molar-refractivity contribution is 0.102. The third kappa shape index (κ3) is 4.47. The molecule has 0 aromatic rings. The number of ether oxygens (including phenoxy) is 1. The Morgan fingerprint density at radius 3 is 2.80 bits per heavy atom. The molecule has 0 bridgehead atoms. The summed E-state index contributed by atoms with van der Waals surface area (Å²) < 4.78 is 5.08. The lowest BCUT2D eigenvalue weighted by Gasteiger charge is -2.31. The van der Waals surface area contributed by atoms with Gasteiger partial charge in [-0.25, -0.2) is 0 Å². The maximum Gasteiger partial charge on any atom is 0.0589 e. The van der Waals surface area contributed by atoms with Crippen molar-refractivity contribution in [2.24, 2.45) is 5.41 Å². The van der Waals surface area contributed by atoms with Crippen LogP contribution in [-0.4, -0.2) is 63.1 Å². The molecule has 2 N–H and O–H groups in total. The Kier molecular flexibility index (Phi) is 5.53. The van der Waals surface area contributed by atoms with Crippen molar-refractivity contribution >= 4 is 0 Å². The maximum atomic E-state index is 9.00. The Balaban J connectivity index is 2.34. The van der Waals surface area contributed by atoms with Crippen LogP contribution in [0.15, 0.2) is 0 Å². The minimum absolute atomic E-state index is 0.229. The van der Waals surface area contributed by atoms with E-state index >= 15 is 0 Å². The van der Waals surface area contributed by atoms with Gasteiger partial charge < -0.3 is 15.2 Å². The van der Waals surface area contributed by atoms with E-state index in [0.29, 0.717) is 5.41 Å². The Labute approximate surface area is 92.6 Å². The fourth-order valence-electron chi connectivity index (χ4n) is 2.18. The van der Waals surface area contributed by atoms with Crippen LogP contribution in [0.25, 0.3) is 0 Å². The average Bonchev–Trinajstić information content (AvgIpc) is 2.62. The minimum atomic E-state index is 0.229. The summed E-state index contributed by atoms with van der Waals surface area (Å²) in [6, 6.07) is 0. The van der Waals surface area contributed by atoms with Gasteiger partial charge in [0.05, 0.1) is 13.2 Å². The molecule has 1 atom stereocenters. The second-order valence-electron chi connectivity index (χ2n) is 4.73. The van der Waals surface area contributed by atoms with E-state index in [9.17, 15) is 0 Å². The first-order chi connectivity index (χ1) is 7.20. The first kappa shape index (κ1) is 12.9. The number of nitrogens with one attached hydrogen (secondary N) is 1. The topological polar surface area (TPSA) is 44.7 Å². The van der Waals surface area contributed by atoms with Gasteiger partial charge in [0.2, 0.25) is 0 Å². The third-order valence-electron chi connectivity index (χ3n) is 3.09. The number of hydrogen-bond donors (Lipinski definition) is 2. The molecule has 1 rings (SSSR count). The van der Waals surface area contributed by atoms with E-state index in [1.54, 1.807) is 7.11 Å². The number of hydrogen-bond acceptors (Lipinski definition) is 4. The number of aliphatic hydroxyl groups excluding tert-OH is 1. The smallest absolute Gasteiger partial charge is 0.0589 e. The van der Waals surface area contributed by atoms with Gasteiger partial charge in [-0.3, -0.25) is 4.90 Å². The van der Waals surface area contributed by atoms with E-state index in [1.165, 1.54) is 6.42 Å². The zero-order valence-corrected chi connectivity index (χ0v) is 9.96. The average molecular weight is 216 g/mol. The van der Waals surface area contributed by atoms with Crippen molar-refractivity contribution in [2.75, 3.05) is 53.0 Å². The van der Waals surface area contributed by atoms with E-state index < -0.39 is 0 Å². The SMILES string of the molecule is COCCN(CCO)CC1(C)CCNC1. The predicted octanol–water partition coefficient (Wildman–Crippen LogP) is -0.0733. The fraction of sp³-hybridized carbons (Fsp3) is 1.00. The molecule has 15 heavy (non-hydrogen) atoms. The monoisotopic (exact) mass is 216 g/mol. The second-order valence-corrected chi connectivity index (χ2v) is 4.73. The van der Waals surface area contributed by atoms with Gasteiger partial charge in [-0.1, -0.05) is 6.92 Å². The molecular formula is C11H24N2O2. The predicted molar refractivity (Wildman–Crippen MR) is 61.0 cm³/mol. The van der Waals surface area contributed by atoms with Gasteiger partial charge >= 0.3 is 0 Å². The summed E-state index contributed by atoms with van der Waals surface area (Å²) in [5.74, 6) is 0. The van der Waals surface area contributed by atoms with E-state index in [2.05, 4.69) is 17.1 Å². The molecule has 0 saturated carbocycles. The molecule has 1 saturated heterocycles. The minimum Gasteiger partial charge on any atom is -0.395 e. The zero-order chi connectivity index (χ0) is 11.1. The molecule has 0 amide bonds. The van der Waals surface area contributed by atoms with Gasteiger partial charge in [-0.05, 0) is 18.4 Å². The van der Waals surface area contributed by atoms with Crippen molar-refractivity contribution in [1.29, 1.82) is 0 Å². The number of aliphatic hydroxyl groups is 1. The molecule has 4 heteroatoms. The van der Waals surface area contributed by atoms with Crippen molar-refractivity contribution < 1.29 is 9.84 Å². The van der Waals surface area contributed by atoms with E-state index in [4.69, 9.17) is 9.84 Å². The molecule has 4 nitrogen and oxygen atoms in total. The molecule has 1 unspecified atom stereocenters. The highest BCUT2D eigenvalue weighted by molar-refractivity contribution is 4.86. The van der Waals surface area contributed by atoms with E-state index in [-0.39, 0.29) is 6.61 Å². The van der Waals surface area contributed by atoms with Crippen molar-refractivity contribution in [3.8, 4) is 0 Å². The number of methoxy groups -OCH3 is 1. The van der Waals surface area contributed by atoms with Gasteiger partial charge in [0.15, 0.2) is 0 Å². The maximum absolute atomic E-state index is 9.00. The van der Waals surface area contributed by atoms with E-state index in [1.807, 2.05) is 0 Å². The Hall–Kier alpha value is -0.160. The molecule has 0 aliphatic carbocycles. The van der Waals surface area contributed by atoms with Crippen LogP contribution in [0.1, 0.15) is 13.3 Å². The molecule has 0 aromatic heterocycles. The molecular weight excluding hydrogens is 192 g/mol. The van der Waals surface area contributed by atoms with Crippen LogP contribution in [0.3, 0.4) is 0 Å². The second kappa shape index (κ2) is 6.43. The van der Waals surface area contributed by atoms with Crippen LogP contribution in [0, 0.1) is 5.41 Å². The van der Waals surface area contributed by atoms with Crippen LogP contribution in [-0.2, 0) is 4.74 Å². The molecule has 1 heterocycles. The van der Waals surface area contributed by atoms with Gasteiger partial charge in [-0.2, -0.15) is 0 Å². The van der Waals surface area contributed by atoms with Crippen LogP contribution >= 0.6 is 0 Å². The molecule has 0 spiro atoms. The van der Waals surface area contributed by atoms with Crippen molar-refractivity contribution in [2.45, 2.75) is 13.3 Å². The number of nitrogens with zero attached hydrogens (tertiary/aromatic N) is 1. The zero-order valence-electron chi connectivity index (χ0n) is 9.96. The summed E-state index contributed by atoms with van der Waals surface area (Å²) >= 11 is 0. The summed E-state index contributed by atoms with van der Waals surface area (Å²) in [6.45, 7) is 8.19. The summed E-state index contributed by atoms with van der Waals surface area (Å²) in [7, 11) is 1.72. The first-order valence-corrected chi connectivity index (χ1v) is 5.73. The van der Waals surface area contributed by atoms with Crippen LogP contribution < -0.4 is 5.32 Å². The summed E-state index contributed by atoms with van der Waals surface area (Å²) in [5.41, 5.74) is 0.364. The highest BCUT2D eigenvalue weighted by Crippen LogP contribution is 2.25. The molecule has 1 aliphatic rings. The lowest BCUT2D eigenvalue weighted by atomic mass is 9.89. The van der Waals surface area contributed by atoms with Gasteiger partial charge in [0.25, 0.3) is 0 Å². The van der Waals surface area contributed by atoms with Gasteiger partial charge in [0.1, 0.15) is 0 Å². The summed E-state index contributed by atoms with van der Waals surface area (Å²) in [6.07, 6.45) is 1.22. The number of rotatable bonds is 7. The lowest BCUT2D eigenvalue weighted by Crippen LogP contribution is -2.40. The molecule has 0 radical (unpaired) electrons. The molecule has 0 aromatic carbocycles. The Bertz CT molecular complexity index is 170. The summed E-state index contributed by atoms with van der Waals surface area (Å²) in [5, 5.41) is 12.4. The van der Waals surface area contributed by atoms with Crippen molar-refractivity contribution in [1.82, 2.24) is 10.2 Å². The normalized spacial score (nSPS) is 26.4. The third-order valence-corrected chi connectivity index (χ3v) is 3.09. The fourth-order valence-corrected chi connectivity index (χ4v) is 2.18. The standard InChI is InChI=1S/C11H24N2O2/c1-11(3-4-12-9-11)10-13(5-7-14)6-8-15-2/h12,14H,3-10H2,1-2H3.